The van der Waals surface area contributed by atoms with Gasteiger partial charge in [-0.15, -0.1) is 0 Å². The Morgan fingerprint density at radius 2 is 1.58 bits per heavy atom. The summed E-state index contributed by atoms with van der Waals surface area (Å²) in [5, 5.41) is 0.332. The van der Waals surface area contributed by atoms with Gasteiger partial charge in [-0.2, -0.15) is 8.42 Å². The summed E-state index contributed by atoms with van der Waals surface area (Å²) in [6.07, 6.45) is 0.311. The van der Waals surface area contributed by atoms with Gasteiger partial charge < -0.3 is 4.74 Å². The fraction of sp³-hybridized carbons (Fsp3) is 0.333. The zero-order valence-corrected chi connectivity index (χ0v) is 22.8. The highest BCUT2D eigenvalue weighted by atomic mass is 35.5. The van der Waals surface area contributed by atoms with E-state index in [0.717, 1.165) is 17.7 Å². The van der Waals surface area contributed by atoms with E-state index in [1.54, 1.807) is 12.1 Å². The summed E-state index contributed by atoms with van der Waals surface area (Å²) in [5.41, 5.74) is 0.575. The summed E-state index contributed by atoms with van der Waals surface area (Å²) < 4.78 is 93.0. The van der Waals surface area contributed by atoms with E-state index in [4.69, 9.17) is 20.5 Å². The molecule has 0 spiro atoms. The molecule has 1 aliphatic carbocycles. The monoisotopic (exact) mass is 582 g/mol. The number of halogens is 3. The van der Waals surface area contributed by atoms with E-state index in [1.807, 2.05) is 6.92 Å². The third-order valence-electron chi connectivity index (χ3n) is 7.48. The molecule has 0 saturated heterocycles. The molecule has 0 amide bonds. The molecule has 2 aliphatic rings. The summed E-state index contributed by atoms with van der Waals surface area (Å²) in [6, 6.07) is 13.6. The molecule has 0 bridgehead atoms. The predicted molar refractivity (Wildman–Crippen MR) is 137 cm³/mol. The van der Waals surface area contributed by atoms with Crippen LogP contribution in [-0.2, 0) is 28.9 Å². The zero-order chi connectivity index (χ0) is 27.3. The molecule has 5 rings (SSSR count). The molecule has 202 valence electrons. The van der Waals surface area contributed by atoms with Crippen LogP contribution in [0, 0.1) is 30.4 Å². The molecule has 0 aromatic heterocycles. The lowest BCUT2D eigenvalue weighted by Crippen LogP contribution is -2.52. The maximum atomic E-state index is 15.4. The van der Waals surface area contributed by atoms with Gasteiger partial charge in [0.05, 0.1) is 28.6 Å². The lowest BCUT2D eigenvalue weighted by atomic mass is 9.69. The van der Waals surface area contributed by atoms with E-state index in [2.05, 4.69) is 0 Å². The first-order valence-electron chi connectivity index (χ1n) is 12.0. The van der Waals surface area contributed by atoms with Gasteiger partial charge in [-0.05, 0) is 80.6 Å². The largest absolute Gasteiger partial charge is 0.490 e. The van der Waals surface area contributed by atoms with Crippen molar-refractivity contribution in [2.24, 2.45) is 11.8 Å². The topological polar surface area (TPSA) is 86.7 Å². The third-order valence-corrected chi connectivity index (χ3v) is 11.6. The second-order valence-electron chi connectivity index (χ2n) is 9.78. The lowest BCUT2D eigenvalue weighted by molar-refractivity contribution is 0.0805. The molecule has 0 N–H and O–H groups in total. The summed E-state index contributed by atoms with van der Waals surface area (Å²) in [4.78, 5) is -0.0499. The van der Waals surface area contributed by atoms with Crippen LogP contribution < -0.4 is 4.74 Å². The summed E-state index contributed by atoms with van der Waals surface area (Å²) in [6.45, 7) is 1.48. The Hall–Kier alpha value is -2.53. The number of hydrogen-bond acceptors (Lipinski definition) is 6. The molecular formula is C27H25ClF2O6S2. The first-order chi connectivity index (χ1) is 18.0. The molecular weight excluding hydrogens is 558 g/mol. The summed E-state index contributed by atoms with van der Waals surface area (Å²) in [5.74, 6) is -3.26. The standard InChI is InChI=1S/C27H25ClF2O6S2/c1-17-2-6-22(7-3-17)38(33,34)36-15-18-12-13-27(37(31,32)21-8-4-20(28)5-9-21)19(14-18)16-35-26-24(30)11-10-23(29)25(26)27/h2-11,18-19H,12-16H2,1H3/t18-,19-,27+/m1/s1. The Morgan fingerprint density at radius 1 is 0.947 bits per heavy atom. The fourth-order valence-electron chi connectivity index (χ4n) is 5.54. The van der Waals surface area contributed by atoms with Crippen molar-refractivity contribution in [1.82, 2.24) is 0 Å². The second kappa shape index (κ2) is 9.89. The first kappa shape index (κ1) is 27.1. The van der Waals surface area contributed by atoms with E-state index in [1.165, 1.54) is 36.4 Å². The highest BCUT2D eigenvalue weighted by Gasteiger charge is 2.59. The van der Waals surface area contributed by atoms with E-state index >= 15 is 4.39 Å². The molecule has 1 fully saturated rings. The van der Waals surface area contributed by atoms with Gasteiger partial charge in [-0.1, -0.05) is 29.3 Å². The van der Waals surface area contributed by atoms with Gasteiger partial charge in [-0.3, -0.25) is 4.18 Å². The van der Waals surface area contributed by atoms with Crippen molar-refractivity contribution >= 4 is 31.6 Å². The minimum absolute atomic E-state index is 0.0195. The van der Waals surface area contributed by atoms with Crippen LogP contribution in [0.5, 0.6) is 5.75 Å². The molecule has 1 aliphatic heterocycles. The fourth-order valence-corrected chi connectivity index (χ4v) is 9.01. The van der Waals surface area contributed by atoms with Gasteiger partial charge in [0.25, 0.3) is 10.1 Å². The van der Waals surface area contributed by atoms with Crippen molar-refractivity contribution in [3.8, 4) is 5.75 Å². The lowest BCUT2D eigenvalue weighted by Gasteiger charge is -2.49. The van der Waals surface area contributed by atoms with Gasteiger partial charge >= 0.3 is 0 Å². The Labute approximate surface area is 225 Å². The molecule has 38 heavy (non-hydrogen) atoms. The van der Waals surface area contributed by atoms with Gasteiger partial charge in [0.15, 0.2) is 21.4 Å². The molecule has 6 nitrogen and oxygen atoms in total. The maximum absolute atomic E-state index is 15.4. The van der Waals surface area contributed by atoms with Crippen molar-refractivity contribution in [3.63, 3.8) is 0 Å². The van der Waals surface area contributed by atoms with E-state index < -0.39 is 48.0 Å². The maximum Gasteiger partial charge on any atom is 0.296 e. The Kier molecular flexibility index (Phi) is 7.04. The molecule has 3 atom stereocenters. The van der Waals surface area contributed by atoms with Crippen molar-refractivity contribution < 1.29 is 34.5 Å². The van der Waals surface area contributed by atoms with E-state index in [9.17, 15) is 21.2 Å². The Morgan fingerprint density at radius 3 is 2.26 bits per heavy atom. The van der Waals surface area contributed by atoms with Crippen LogP contribution in [0.25, 0.3) is 0 Å². The van der Waals surface area contributed by atoms with Gasteiger partial charge in [0, 0.05) is 10.9 Å². The van der Waals surface area contributed by atoms with E-state index in [-0.39, 0.29) is 53.7 Å². The van der Waals surface area contributed by atoms with Crippen LogP contribution in [0.1, 0.15) is 30.4 Å². The summed E-state index contributed by atoms with van der Waals surface area (Å²) in [7, 11) is -8.30. The molecule has 1 saturated carbocycles. The average molecular weight is 583 g/mol. The molecule has 0 unspecified atom stereocenters. The Bertz CT molecular complexity index is 1570. The molecule has 3 aromatic rings. The number of rotatable bonds is 6. The van der Waals surface area contributed by atoms with E-state index in [0.29, 0.717) is 5.02 Å². The number of ether oxygens (including phenoxy) is 1. The van der Waals surface area contributed by atoms with Crippen LogP contribution in [0.15, 0.2) is 70.5 Å². The molecule has 0 radical (unpaired) electrons. The van der Waals surface area contributed by atoms with Crippen LogP contribution >= 0.6 is 11.6 Å². The van der Waals surface area contributed by atoms with Gasteiger partial charge in [0.2, 0.25) is 0 Å². The second-order valence-corrected chi connectivity index (χ2v) is 14.0. The highest BCUT2D eigenvalue weighted by molar-refractivity contribution is 7.92. The molecule has 3 aromatic carbocycles. The van der Waals surface area contributed by atoms with Crippen LogP contribution in [-0.4, -0.2) is 30.0 Å². The molecule has 11 heteroatoms. The number of aryl methyl sites for hydroxylation is 1. The molecule has 1 heterocycles. The zero-order valence-electron chi connectivity index (χ0n) is 20.4. The van der Waals surface area contributed by atoms with Crippen LogP contribution in [0.3, 0.4) is 0 Å². The quantitative estimate of drug-likeness (QED) is 0.341. The SMILES string of the molecule is Cc1ccc(S(=O)(=O)OC[C@@H]2CC[C@@]3(S(=O)(=O)c4ccc(Cl)cc4)c4c(F)ccc(F)c4OC[C@H]3C2)cc1. The number of sulfone groups is 1. The van der Waals surface area contributed by atoms with Crippen molar-refractivity contribution in [1.29, 1.82) is 0 Å². The van der Waals surface area contributed by atoms with Crippen LogP contribution in [0.2, 0.25) is 5.02 Å². The first-order valence-corrected chi connectivity index (χ1v) is 15.3. The summed E-state index contributed by atoms with van der Waals surface area (Å²) >= 11 is 5.97. The number of fused-ring (bicyclic) bond motifs is 3. The highest BCUT2D eigenvalue weighted by Crippen LogP contribution is 2.57. The Balaban J connectivity index is 1.50. The average Bonchev–Trinajstić information content (AvgIpc) is 2.89. The minimum atomic E-state index is -4.27. The van der Waals surface area contributed by atoms with Gasteiger partial charge in [0.1, 0.15) is 10.6 Å². The van der Waals surface area contributed by atoms with Crippen molar-refractivity contribution in [2.45, 2.75) is 40.7 Å². The minimum Gasteiger partial charge on any atom is -0.490 e. The smallest absolute Gasteiger partial charge is 0.296 e. The van der Waals surface area contributed by atoms with Crippen LogP contribution in [0.4, 0.5) is 8.78 Å². The van der Waals surface area contributed by atoms with Crippen molar-refractivity contribution in [2.75, 3.05) is 13.2 Å². The third kappa shape index (κ3) is 4.51. The van der Waals surface area contributed by atoms with Gasteiger partial charge in [-0.25, -0.2) is 17.2 Å². The number of hydrogen-bond donors (Lipinski definition) is 0. The van der Waals surface area contributed by atoms with Crippen molar-refractivity contribution in [3.05, 3.63) is 88.4 Å². The predicted octanol–water partition coefficient (Wildman–Crippen LogP) is 5.81. The number of benzene rings is 3. The normalized spacial score (nSPS) is 23.3.